The van der Waals surface area contributed by atoms with E-state index in [1.54, 1.807) is 29.3 Å². The van der Waals surface area contributed by atoms with E-state index < -0.39 is 0 Å². The van der Waals surface area contributed by atoms with Crippen molar-refractivity contribution in [2.45, 2.75) is 25.7 Å². The van der Waals surface area contributed by atoms with Crippen LogP contribution in [0, 0.1) is 0 Å². The average Bonchev–Trinajstić information content (AvgIpc) is 3.17. The fourth-order valence-electron chi connectivity index (χ4n) is 3.05. The number of hydrogen-bond donors (Lipinski definition) is 1. The second-order valence-corrected chi connectivity index (χ2v) is 5.81. The monoisotopic (exact) mass is 319 g/mol. The van der Waals surface area contributed by atoms with E-state index in [-0.39, 0.29) is 5.91 Å². The van der Waals surface area contributed by atoms with Gasteiger partial charge in [-0.15, -0.1) is 0 Å². The molecule has 4 rings (SSSR count). The van der Waals surface area contributed by atoms with E-state index in [9.17, 15) is 4.79 Å². The Morgan fingerprint density at radius 1 is 1.08 bits per heavy atom. The molecule has 0 atom stereocenters. The Bertz CT molecular complexity index is 856. The van der Waals surface area contributed by atoms with Crippen LogP contribution in [0.15, 0.2) is 49.1 Å². The molecule has 1 aliphatic carbocycles. The molecule has 24 heavy (non-hydrogen) atoms. The van der Waals surface area contributed by atoms with Crippen LogP contribution in [0.1, 0.15) is 34.5 Å². The van der Waals surface area contributed by atoms with Gasteiger partial charge >= 0.3 is 0 Å². The van der Waals surface area contributed by atoms with Gasteiger partial charge in [0.15, 0.2) is 5.82 Å². The Kier molecular flexibility index (Phi) is 3.78. The molecule has 1 amide bonds. The van der Waals surface area contributed by atoms with E-state index in [1.807, 2.05) is 12.1 Å². The summed E-state index contributed by atoms with van der Waals surface area (Å²) in [5.41, 5.74) is 3.76. The summed E-state index contributed by atoms with van der Waals surface area (Å²) < 4.78 is 1.60. The Labute approximate surface area is 139 Å². The largest absolute Gasteiger partial charge is 0.320 e. The second kappa shape index (κ2) is 6.23. The van der Waals surface area contributed by atoms with E-state index in [0.717, 1.165) is 24.9 Å². The predicted molar refractivity (Wildman–Crippen MR) is 90.2 cm³/mol. The molecule has 1 N–H and O–H groups in total. The molecule has 0 spiro atoms. The quantitative estimate of drug-likeness (QED) is 0.805. The molecule has 120 valence electrons. The number of aryl methyl sites for hydroxylation is 1. The van der Waals surface area contributed by atoms with Crippen LogP contribution in [-0.4, -0.2) is 25.7 Å². The van der Waals surface area contributed by atoms with Gasteiger partial charge in [-0.2, -0.15) is 5.10 Å². The highest BCUT2D eigenvalue weighted by Gasteiger charge is 2.16. The normalized spacial score (nSPS) is 13.3. The summed E-state index contributed by atoms with van der Waals surface area (Å²) >= 11 is 0. The fourth-order valence-corrected chi connectivity index (χ4v) is 3.05. The molecule has 1 aliphatic rings. The zero-order valence-corrected chi connectivity index (χ0v) is 13.1. The van der Waals surface area contributed by atoms with Crippen LogP contribution in [0.2, 0.25) is 0 Å². The number of rotatable bonds is 3. The van der Waals surface area contributed by atoms with Gasteiger partial charge in [-0.25, -0.2) is 14.6 Å². The first-order valence-electron chi connectivity index (χ1n) is 8.05. The summed E-state index contributed by atoms with van der Waals surface area (Å²) in [6, 6.07) is 7.89. The van der Waals surface area contributed by atoms with Crippen LogP contribution in [0.5, 0.6) is 0 Å². The molecule has 0 radical (unpaired) electrons. The minimum absolute atomic E-state index is 0.242. The summed E-state index contributed by atoms with van der Waals surface area (Å²) in [4.78, 5) is 20.9. The number of hydrogen-bond acceptors (Lipinski definition) is 4. The van der Waals surface area contributed by atoms with Crippen LogP contribution >= 0.6 is 0 Å². The topological polar surface area (TPSA) is 72.7 Å². The highest BCUT2D eigenvalue weighted by atomic mass is 16.1. The number of amides is 1. The zero-order valence-electron chi connectivity index (χ0n) is 13.1. The third kappa shape index (κ3) is 2.78. The van der Waals surface area contributed by atoms with Crippen molar-refractivity contribution in [3.05, 3.63) is 65.9 Å². The van der Waals surface area contributed by atoms with Gasteiger partial charge < -0.3 is 5.32 Å². The first-order chi connectivity index (χ1) is 11.8. The zero-order chi connectivity index (χ0) is 16.4. The maximum absolute atomic E-state index is 12.5. The first kappa shape index (κ1) is 14.6. The average molecular weight is 319 g/mol. The van der Waals surface area contributed by atoms with Crippen LogP contribution < -0.4 is 5.32 Å². The summed E-state index contributed by atoms with van der Waals surface area (Å²) in [5, 5.41) is 7.07. The molecule has 3 aromatic rings. The summed E-state index contributed by atoms with van der Waals surface area (Å²) in [6.45, 7) is 0. The number of anilines is 1. The van der Waals surface area contributed by atoms with Gasteiger partial charge in [0.05, 0.1) is 12.4 Å². The number of carbonyl (C=O) groups is 1. The van der Waals surface area contributed by atoms with E-state index in [0.29, 0.717) is 11.5 Å². The highest BCUT2D eigenvalue weighted by molar-refractivity contribution is 6.03. The molecule has 0 saturated heterocycles. The molecule has 0 aliphatic heterocycles. The van der Waals surface area contributed by atoms with Crippen molar-refractivity contribution in [1.29, 1.82) is 0 Å². The van der Waals surface area contributed by atoms with Gasteiger partial charge in [0.1, 0.15) is 5.69 Å². The van der Waals surface area contributed by atoms with Gasteiger partial charge in [-0.05, 0) is 48.9 Å². The van der Waals surface area contributed by atoms with Gasteiger partial charge in [0, 0.05) is 18.1 Å². The van der Waals surface area contributed by atoms with Crippen molar-refractivity contribution < 1.29 is 4.79 Å². The van der Waals surface area contributed by atoms with Crippen molar-refractivity contribution in [3.8, 4) is 5.82 Å². The van der Waals surface area contributed by atoms with E-state index >= 15 is 0 Å². The fraction of sp³-hybridized carbons (Fsp3) is 0.222. The SMILES string of the molecule is O=C(Nc1cccc2c1CCCC2)c1cnc(-n2cccn2)cn1. The van der Waals surface area contributed by atoms with Crippen molar-refractivity contribution in [1.82, 2.24) is 19.7 Å². The van der Waals surface area contributed by atoms with Gasteiger partial charge in [0.2, 0.25) is 0 Å². The van der Waals surface area contributed by atoms with Crippen molar-refractivity contribution in [2.75, 3.05) is 5.32 Å². The van der Waals surface area contributed by atoms with Crippen molar-refractivity contribution in [3.63, 3.8) is 0 Å². The lowest BCUT2D eigenvalue weighted by atomic mass is 9.90. The Morgan fingerprint density at radius 3 is 2.79 bits per heavy atom. The third-order valence-corrected chi connectivity index (χ3v) is 4.25. The lowest BCUT2D eigenvalue weighted by molar-refractivity contribution is 0.102. The predicted octanol–water partition coefficient (Wildman–Crippen LogP) is 2.79. The maximum atomic E-state index is 12.5. The minimum Gasteiger partial charge on any atom is -0.320 e. The molecule has 2 heterocycles. The van der Waals surface area contributed by atoms with E-state index in [1.165, 1.54) is 23.7 Å². The van der Waals surface area contributed by atoms with Gasteiger partial charge in [0.25, 0.3) is 5.91 Å². The Morgan fingerprint density at radius 2 is 2.00 bits per heavy atom. The van der Waals surface area contributed by atoms with Gasteiger partial charge in [-0.3, -0.25) is 4.79 Å². The van der Waals surface area contributed by atoms with Crippen LogP contribution in [0.4, 0.5) is 5.69 Å². The number of nitrogens with one attached hydrogen (secondary N) is 1. The maximum Gasteiger partial charge on any atom is 0.275 e. The Hall–Kier alpha value is -3.02. The number of aromatic nitrogens is 4. The number of benzene rings is 1. The molecular weight excluding hydrogens is 302 g/mol. The van der Waals surface area contributed by atoms with E-state index in [4.69, 9.17) is 0 Å². The lowest BCUT2D eigenvalue weighted by Crippen LogP contribution is -2.17. The molecule has 0 saturated carbocycles. The van der Waals surface area contributed by atoms with Crippen molar-refractivity contribution >= 4 is 11.6 Å². The first-order valence-corrected chi connectivity index (χ1v) is 8.05. The number of fused-ring (bicyclic) bond motifs is 1. The van der Waals surface area contributed by atoms with E-state index in [2.05, 4.69) is 26.4 Å². The molecule has 2 aromatic heterocycles. The standard InChI is InChI=1S/C18H17N5O/c24-18(16-11-20-17(12-19-16)23-10-4-9-21-23)22-15-8-3-6-13-5-1-2-7-14(13)15/h3-4,6,8-12H,1-2,5,7H2,(H,22,24). The highest BCUT2D eigenvalue weighted by Crippen LogP contribution is 2.28. The Balaban J connectivity index is 1.54. The second-order valence-electron chi connectivity index (χ2n) is 5.81. The van der Waals surface area contributed by atoms with Crippen LogP contribution in [0.3, 0.4) is 0 Å². The molecule has 6 nitrogen and oxygen atoms in total. The molecule has 1 aromatic carbocycles. The molecular formula is C18H17N5O. The van der Waals surface area contributed by atoms with Crippen LogP contribution in [-0.2, 0) is 12.8 Å². The lowest BCUT2D eigenvalue weighted by Gasteiger charge is -2.19. The molecule has 0 unspecified atom stereocenters. The number of carbonyl (C=O) groups excluding carboxylic acids is 1. The third-order valence-electron chi connectivity index (χ3n) is 4.25. The number of nitrogens with zero attached hydrogens (tertiary/aromatic N) is 4. The van der Waals surface area contributed by atoms with Crippen molar-refractivity contribution in [2.24, 2.45) is 0 Å². The van der Waals surface area contributed by atoms with Gasteiger partial charge in [-0.1, -0.05) is 12.1 Å². The smallest absolute Gasteiger partial charge is 0.275 e. The van der Waals surface area contributed by atoms with Crippen LogP contribution in [0.25, 0.3) is 5.82 Å². The summed E-state index contributed by atoms with van der Waals surface area (Å²) in [5.74, 6) is 0.335. The summed E-state index contributed by atoms with van der Waals surface area (Å²) in [7, 11) is 0. The molecule has 6 heteroatoms. The summed E-state index contributed by atoms with van der Waals surface area (Å²) in [6.07, 6.45) is 10.9. The molecule has 0 fully saturated rings. The minimum atomic E-state index is -0.242. The molecule has 0 bridgehead atoms.